The first-order valence-electron chi connectivity index (χ1n) is 8.95. The van der Waals surface area contributed by atoms with E-state index in [0.29, 0.717) is 0 Å². The number of urea groups is 1. The molecule has 0 aromatic rings. The van der Waals surface area contributed by atoms with Crippen molar-refractivity contribution < 1.29 is 33.5 Å². The molecular weight excluding hydrogens is 414 g/mol. The highest BCUT2D eigenvalue weighted by atomic mass is 31.2. The van der Waals surface area contributed by atoms with Crippen LogP contribution in [0.3, 0.4) is 0 Å². The lowest BCUT2D eigenvalue weighted by molar-refractivity contribution is 0.243. The Balaban J connectivity index is -0.000000347. The molecule has 0 rings (SSSR count). The molecule has 2 amide bonds. The van der Waals surface area contributed by atoms with Gasteiger partial charge in [-0.05, 0) is 51.9 Å². The van der Waals surface area contributed by atoms with Gasteiger partial charge in [-0.3, -0.25) is 0 Å². The van der Waals surface area contributed by atoms with Gasteiger partial charge < -0.3 is 42.5 Å². The van der Waals surface area contributed by atoms with Gasteiger partial charge >= 0.3 is 21.5 Å². The van der Waals surface area contributed by atoms with Crippen LogP contribution in [0, 0.1) is 0 Å². The Labute approximate surface area is 166 Å². The van der Waals surface area contributed by atoms with Gasteiger partial charge in [0.2, 0.25) is 0 Å². The summed E-state index contributed by atoms with van der Waals surface area (Å²) in [5.74, 6) is 0. The van der Waals surface area contributed by atoms with E-state index in [1.807, 2.05) is 0 Å². The highest BCUT2D eigenvalue weighted by molar-refractivity contribution is 7.52. The monoisotopic (exact) mass is 452 g/mol. The average molecular weight is 452 g/mol. The van der Waals surface area contributed by atoms with Crippen LogP contribution in [-0.2, 0) is 9.13 Å². The van der Waals surface area contributed by atoms with E-state index in [1.165, 1.54) is 25.7 Å². The first-order chi connectivity index (χ1) is 12.9. The summed E-state index contributed by atoms with van der Waals surface area (Å²) >= 11 is 0. The molecule has 13 nitrogen and oxygen atoms in total. The third-order valence-corrected chi connectivity index (χ3v) is 3.80. The summed E-state index contributed by atoms with van der Waals surface area (Å²) in [5, 5.41) is 2.00. The number of carbonyl (C=O) groups excluding carboxylic acids is 1. The molecule has 14 N–H and O–H groups in total. The normalized spacial score (nSPS) is 10.9. The second-order valence-electron chi connectivity index (χ2n) is 5.62. The molecule has 0 aromatic carbocycles. The van der Waals surface area contributed by atoms with Gasteiger partial charge in [0.15, 0.2) is 0 Å². The third-order valence-electron chi connectivity index (χ3n) is 2.81. The maximum Gasteiger partial charge on any atom is 0.431 e. The summed E-state index contributed by atoms with van der Waals surface area (Å²) in [6.07, 6.45) is 9.59. The van der Waals surface area contributed by atoms with Crippen molar-refractivity contribution in [2.24, 2.45) is 22.9 Å². The molecule has 0 aliphatic heterocycles. The van der Waals surface area contributed by atoms with Gasteiger partial charge in [0.05, 0.1) is 0 Å². The van der Waals surface area contributed by atoms with Crippen LogP contribution in [0.5, 0.6) is 0 Å². The van der Waals surface area contributed by atoms with Crippen molar-refractivity contribution in [2.75, 3.05) is 26.2 Å². The molecule has 0 unspecified atom stereocenters. The van der Waals surface area contributed by atoms with Crippen LogP contribution in [0.15, 0.2) is 0 Å². The van der Waals surface area contributed by atoms with E-state index in [1.54, 1.807) is 0 Å². The molecule has 0 atom stereocenters. The fraction of sp³-hybridized carbons (Fsp3) is 0.923. The van der Waals surface area contributed by atoms with Crippen LogP contribution in [0.4, 0.5) is 4.79 Å². The fourth-order valence-corrected chi connectivity index (χ4v) is 2.30. The van der Waals surface area contributed by atoms with E-state index >= 15 is 0 Å². The molecule has 0 radical (unpaired) electrons. The van der Waals surface area contributed by atoms with Crippen molar-refractivity contribution >= 4 is 21.5 Å². The summed E-state index contributed by atoms with van der Waals surface area (Å²) in [6.45, 7) is 3.30. The molecule has 0 aliphatic rings. The lowest BCUT2D eigenvalue weighted by Gasteiger charge is -2.08. The van der Waals surface area contributed by atoms with Gasteiger partial charge in [0.25, 0.3) is 0 Å². The Bertz CT molecular complexity index is 397. The Morgan fingerprint density at radius 2 is 0.786 bits per heavy atom. The van der Waals surface area contributed by atoms with Gasteiger partial charge in [-0.25, -0.2) is 24.1 Å². The molecule has 0 spiro atoms. The molecule has 15 heteroatoms. The Morgan fingerprint density at radius 3 is 0.929 bits per heavy atom. The smallest absolute Gasteiger partial charge is 0.330 e. The highest BCUT2D eigenvalue weighted by Crippen LogP contribution is 2.31. The predicted octanol–water partition coefficient (Wildman–Crippen LogP) is -0.601. The van der Waals surface area contributed by atoms with Crippen LogP contribution in [-0.4, -0.2) is 51.8 Å². The molecule has 0 fully saturated rings. The lowest BCUT2D eigenvalue weighted by Crippen LogP contribution is -2.30. The van der Waals surface area contributed by atoms with Crippen molar-refractivity contribution in [3.63, 3.8) is 0 Å². The molecule has 0 aliphatic carbocycles. The molecule has 172 valence electrons. The minimum absolute atomic E-state index is 0.824. The molecule has 0 aromatic heterocycles. The zero-order valence-electron chi connectivity index (χ0n) is 16.2. The first-order valence-corrected chi connectivity index (χ1v) is 12.2. The number of carbonyl (C=O) groups is 1. The van der Waals surface area contributed by atoms with Crippen LogP contribution < -0.4 is 33.1 Å². The molecule has 28 heavy (non-hydrogen) atoms. The fourth-order valence-electron chi connectivity index (χ4n) is 1.57. The Hall–Kier alpha value is -0.590. The van der Waals surface area contributed by atoms with Gasteiger partial charge in [0.1, 0.15) is 0 Å². The second-order valence-corrected chi connectivity index (χ2v) is 8.25. The minimum Gasteiger partial charge on any atom is -0.330 e. The quantitative estimate of drug-likeness (QED) is 0.132. The number of nitrogens with one attached hydrogen (secondary N) is 2. The van der Waals surface area contributed by atoms with Crippen molar-refractivity contribution in [1.82, 2.24) is 10.2 Å². The van der Waals surface area contributed by atoms with Crippen molar-refractivity contribution in [3.05, 3.63) is 0 Å². The largest absolute Gasteiger partial charge is 0.431 e. The van der Waals surface area contributed by atoms with Crippen LogP contribution in [0.2, 0.25) is 0 Å². The Morgan fingerprint density at radius 1 is 0.571 bits per heavy atom. The summed E-state index contributed by atoms with van der Waals surface area (Å²) in [6, 6.07) is -1.64. The maximum absolute atomic E-state index is 10.3. The van der Waals surface area contributed by atoms with E-state index < -0.39 is 21.5 Å². The van der Waals surface area contributed by atoms with Gasteiger partial charge in [-0.2, -0.15) is 0 Å². The zero-order chi connectivity index (χ0) is 22.5. The van der Waals surface area contributed by atoms with Gasteiger partial charge in [-0.15, -0.1) is 0 Å². The van der Waals surface area contributed by atoms with Crippen molar-refractivity contribution in [3.8, 4) is 0 Å². The van der Waals surface area contributed by atoms with E-state index in [0.717, 1.165) is 62.0 Å². The minimum atomic E-state index is -4.81. The first kappa shape index (κ1) is 32.1. The predicted molar refractivity (Wildman–Crippen MR) is 109 cm³/mol. The SMILES string of the molecule is NCCCCCCN.NCCCCCCN.O=C(NP(=O)(O)O)NP(=O)(O)O. The number of amides is 2. The van der Waals surface area contributed by atoms with Gasteiger partial charge in [0, 0.05) is 0 Å². The van der Waals surface area contributed by atoms with E-state index in [-0.39, 0.29) is 0 Å². The summed E-state index contributed by atoms with van der Waals surface area (Å²) < 4.78 is 20.0. The molecule has 0 heterocycles. The number of rotatable bonds is 12. The standard InChI is InChI=1S/2C6H16N2.CH6N2O7P2/c2*7-5-3-1-2-4-6-8;4-1(2-11(5,6)7)3-12(8,9)10/h2*1-8H2;(H6,2,3,4,5,6,7,8,9,10). The zero-order valence-corrected chi connectivity index (χ0v) is 18.0. The van der Waals surface area contributed by atoms with Crippen molar-refractivity contribution in [2.45, 2.75) is 51.4 Å². The number of unbranched alkanes of at least 4 members (excludes halogenated alkanes) is 6. The molecular formula is C13H38N6O7P2. The van der Waals surface area contributed by atoms with E-state index in [9.17, 15) is 13.9 Å². The molecule has 0 saturated carbocycles. The number of hydrogen-bond acceptors (Lipinski definition) is 7. The van der Waals surface area contributed by atoms with Crippen LogP contribution >= 0.6 is 15.5 Å². The number of nitrogens with two attached hydrogens (primary N) is 4. The maximum atomic E-state index is 10.3. The van der Waals surface area contributed by atoms with Crippen LogP contribution in [0.25, 0.3) is 0 Å². The highest BCUT2D eigenvalue weighted by Gasteiger charge is 2.22. The topological polar surface area (TPSA) is 260 Å². The molecule has 0 bridgehead atoms. The van der Waals surface area contributed by atoms with Crippen LogP contribution in [0.1, 0.15) is 51.4 Å². The molecule has 0 saturated heterocycles. The Kier molecular flexibility index (Phi) is 24.2. The summed E-state index contributed by atoms with van der Waals surface area (Å²) in [4.78, 5) is 42.6. The third kappa shape index (κ3) is 40.2. The second kappa shape index (κ2) is 21.1. The number of hydrogen-bond donors (Lipinski definition) is 10. The van der Waals surface area contributed by atoms with E-state index in [2.05, 4.69) is 0 Å². The van der Waals surface area contributed by atoms with Gasteiger partial charge in [-0.1, -0.05) is 25.7 Å². The average Bonchev–Trinajstić information content (AvgIpc) is 2.53. The van der Waals surface area contributed by atoms with Crippen molar-refractivity contribution in [1.29, 1.82) is 0 Å². The lowest BCUT2D eigenvalue weighted by atomic mass is 10.2. The summed E-state index contributed by atoms with van der Waals surface area (Å²) in [5.41, 5.74) is 21.1. The summed E-state index contributed by atoms with van der Waals surface area (Å²) in [7, 11) is -9.63. The van der Waals surface area contributed by atoms with E-state index in [4.69, 9.17) is 42.5 Å².